The number of hydrogen-bond donors (Lipinski definition) is 3. The summed E-state index contributed by atoms with van der Waals surface area (Å²) < 4.78 is 0. The lowest BCUT2D eigenvalue weighted by Crippen LogP contribution is -2.31. The first-order valence-electron chi connectivity index (χ1n) is 5.23. The number of rotatable bonds is 8. The molecule has 0 fully saturated rings. The fourth-order valence-electron chi connectivity index (χ4n) is 1.19. The zero-order valence-corrected chi connectivity index (χ0v) is 9.38. The van der Waals surface area contributed by atoms with E-state index >= 15 is 0 Å². The van der Waals surface area contributed by atoms with Gasteiger partial charge in [0.25, 0.3) is 0 Å². The van der Waals surface area contributed by atoms with E-state index in [1.54, 1.807) is 7.05 Å². The third-order valence-corrected chi connectivity index (χ3v) is 2.23. The van der Waals surface area contributed by atoms with Gasteiger partial charge in [0.1, 0.15) is 0 Å². The molecule has 0 aromatic rings. The normalized spacial score (nSPS) is 12.1. The Bertz CT molecular complexity index is 207. The number of amides is 1. The number of carboxylic acids is 1. The second-order valence-electron chi connectivity index (χ2n) is 3.53. The summed E-state index contributed by atoms with van der Waals surface area (Å²) in [6, 6.07) is 0. The molecule has 0 aromatic carbocycles. The van der Waals surface area contributed by atoms with Crippen LogP contribution in [0.25, 0.3) is 0 Å². The van der Waals surface area contributed by atoms with E-state index in [1.807, 2.05) is 6.92 Å². The molecule has 0 saturated heterocycles. The van der Waals surface area contributed by atoms with E-state index in [2.05, 4.69) is 10.6 Å². The van der Waals surface area contributed by atoms with Gasteiger partial charge in [-0.2, -0.15) is 0 Å². The summed E-state index contributed by atoms with van der Waals surface area (Å²) in [4.78, 5) is 21.7. The first-order chi connectivity index (χ1) is 7.10. The lowest BCUT2D eigenvalue weighted by atomic mass is 10.0. The predicted octanol–water partition coefficient (Wildman–Crippen LogP) is 0.213. The molecule has 0 radical (unpaired) electrons. The summed E-state index contributed by atoms with van der Waals surface area (Å²) in [5, 5.41) is 14.2. The van der Waals surface area contributed by atoms with Gasteiger partial charge in [-0.3, -0.25) is 9.59 Å². The van der Waals surface area contributed by atoms with E-state index in [9.17, 15) is 9.59 Å². The van der Waals surface area contributed by atoms with Crippen LogP contribution in [-0.2, 0) is 9.59 Å². The lowest BCUT2D eigenvalue weighted by Gasteiger charge is -2.13. The van der Waals surface area contributed by atoms with Crippen molar-refractivity contribution in [1.82, 2.24) is 10.6 Å². The molecule has 5 heteroatoms. The molecule has 15 heavy (non-hydrogen) atoms. The maximum absolute atomic E-state index is 11.2. The molecule has 1 amide bonds. The van der Waals surface area contributed by atoms with E-state index in [4.69, 9.17) is 5.11 Å². The highest BCUT2D eigenvalue weighted by Gasteiger charge is 2.11. The fourth-order valence-corrected chi connectivity index (χ4v) is 1.19. The van der Waals surface area contributed by atoms with Crippen LogP contribution in [0.1, 0.15) is 26.2 Å². The molecule has 0 bridgehead atoms. The summed E-state index contributed by atoms with van der Waals surface area (Å²) in [6.07, 6.45) is 1.31. The van der Waals surface area contributed by atoms with Crippen LogP contribution in [0.15, 0.2) is 0 Å². The van der Waals surface area contributed by atoms with Gasteiger partial charge < -0.3 is 15.7 Å². The van der Waals surface area contributed by atoms with E-state index in [0.29, 0.717) is 19.5 Å². The second kappa shape index (κ2) is 8.23. The molecule has 5 nitrogen and oxygen atoms in total. The van der Waals surface area contributed by atoms with E-state index < -0.39 is 5.97 Å². The maximum Gasteiger partial charge on any atom is 0.303 e. The van der Waals surface area contributed by atoms with Gasteiger partial charge in [0.2, 0.25) is 5.91 Å². The topological polar surface area (TPSA) is 78.4 Å². The number of nitrogens with one attached hydrogen (secondary N) is 2. The number of hydrogen-bond acceptors (Lipinski definition) is 3. The minimum Gasteiger partial charge on any atom is -0.481 e. The van der Waals surface area contributed by atoms with Gasteiger partial charge in [-0.05, 0) is 13.0 Å². The Morgan fingerprint density at radius 2 is 2.07 bits per heavy atom. The minimum atomic E-state index is -0.814. The Kier molecular flexibility index (Phi) is 7.62. The molecule has 0 heterocycles. The Balaban J connectivity index is 3.69. The van der Waals surface area contributed by atoms with Crippen LogP contribution in [0, 0.1) is 5.92 Å². The highest BCUT2D eigenvalue weighted by atomic mass is 16.4. The van der Waals surface area contributed by atoms with Gasteiger partial charge >= 0.3 is 5.97 Å². The van der Waals surface area contributed by atoms with Gasteiger partial charge in [0, 0.05) is 25.9 Å². The van der Waals surface area contributed by atoms with Gasteiger partial charge in [0.05, 0.1) is 0 Å². The summed E-state index contributed by atoms with van der Waals surface area (Å²) >= 11 is 0. The third kappa shape index (κ3) is 7.93. The molecule has 0 aliphatic carbocycles. The third-order valence-electron chi connectivity index (χ3n) is 2.23. The Labute approximate surface area is 90.2 Å². The molecule has 88 valence electrons. The average Bonchev–Trinajstić information content (AvgIpc) is 2.20. The van der Waals surface area contributed by atoms with E-state index in [1.165, 1.54) is 0 Å². The van der Waals surface area contributed by atoms with E-state index in [-0.39, 0.29) is 18.2 Å². The first kappa shape index (κ1) is 13.9. The van der Waals surface area contributed by atoms with Crippen LogP contribution in [0.5, 0.6) is 0 Å². The minimum absolute atomic E-state index is 0.0287. The summed E-state index contributed by atoms with van der Waals surface area (Å²) in [5.41, 5.74) is 0. The Hall–Kier alpha value is -1.10. The van der Waals surface area contributed by atoms with Crippen LogP contribution in [0.2, 0.25) is 0 Å². The Morgan fingerprint density at radius 1 is 1.40 bits per heavy atom. The zero-order valence-electron chi connectivity index (χ0n) is 9.38. The molecule has 0 spiro atoms. The van der Waals surface area contributed by atoms with Crippen molar-refractivity contribution >= 4 is 11.9 Å². The van der Waals surface area contributed by atoms with Gasteiger partial charge in [-0.25, -0.2) is 0 Å². The number of aliphatic carboxylic acids is 1. The monoisotopic (exact) mass is 216 g/mol. The molecule has 3 N–H and O–H groups in total. The molecule has 1 unspecified atom stereocenters. The summed E-state index contributed by atoms with van der Waals surface area (Å²) in [7, 11) is 1.78. The van der Waals surface area contributed by atoms with Crippen LogP contribution in [0.4, 0.5) is 0 Å². The summed E-state index contributed by atoms with van der Waals surface area (Å²) in [6.45, 7) is 3.01. The second-order valence-corrected chi connectivity index (χ2v) is 3.53. The molecule has 0 saturated carbocycles. The molecule has 0 aliphatic rings. The molecular formula is C10H20N2O3. The van der Waals surface area contributed by atoms with Crippen molar-refractivity contribution in [2.45, 2.75) is 26.2 Å². The van der Waals surface area contributed by atoms with Gasteiger partial charge in [0.15, 0.2) is 0 Å². The van der Waals surface area contributed by atoms with Crippen molar-refractivity contribution in [2.24, 2.45) is 5.92 Å². The molecule has 0 aromatic heterocycles. The van der Waals surface area contributed by atoms with Crippen molar-refractivity contribution < 1.29 is 14.7 Å². The summed E-state index contributed by atoms with van der Waals surface area (Å²) in [5.74, 6) is -0.819. The predicted molar refractivity (Wildman–Crippen MR) is 57.6 cm³/mol. The molecular weight excluding hydrogens is 196 g/mol. The molecule has 0 rings (SSSR count). The average molecular weight is 216 g/mol. The fraction of sp³-hybridized carbons (Fsp3) is 0.800. The van der Waals surface area contributed by atoms with E-state index in [0.717, 1.165) is 6.42 Å². The lowest BCUT2D eigenvalue weighted by molar-refractivity contribution is -0.138. The quantitative estimate of drug-likeness (QED) is 0.542. The van der Waals surface area contributed by atoms with Crippen LogP contribution < -0.4 is 10.6 Å². The first-order valence-corrected chi connectivity index (χ1v) is 5.23. The van der Waals surface area contributed by atoms with Gasteiger partial charge in [-0.1, -0.05) is 13.3 Å². The van der Waals surface area contributed by atoms with Crippen molar-refractivity contribution in [2.75, 3.05) is 20.1 Å². The van der Waals surface area contributed by atoms with Crippen LogP contribution >= 0.6 is 0 Å². The number of carbonyl (C=O) groups is 2. The number of carbonyl (C=O) groups excluding carboxylic acids is 1. The Morgan fingerprint density at radius 3 is 2.53 bits per heavy atom. The van der Waals surface area contributed by atoms with Gasteiger partial charge in [-0.15, -0.1) is 0 Å². The largest absolute Gasteiger partial charge is 0.481 e. The SMILES string of the molecule is CCC(CNC(=O)CCNC)CC(=O)O. The molecule has 1 atom stereocenters. The highest BCUT2D eigenvalue weighted by molar-refractivity contribution is 5.76. The van der Waals surface area contributed by atoms with Crippen molar-refractivity contribution in [3.05, 3.63) is 0 Å². The number of carboxylic acid groups (broad SMARTS) is 1. The highest BCUT2D eigenvalue weighted by Crippen LogP contribution is 2.06. The van der Waals surface area contributed by atoms with Crippen molar-refractivity contribution in [3.8, 4) is 0 Å². The van der Waals surface area contributed by atoms with Crippen molar-refractivity contribution in [1.29, 1.82) is 0 Å². The van der Waals surface area contributed by atoms with Crippen molar-refractivity contribution in [3.63, 3.8) is 0 Å². The van der Waals surface area contributed by atoms with Crippen LogP contribution in [0.3, 0.4) is 0 Å². The maximum atomic E-state index is 11.2. The molecule has 0 aliphatic heterocycles. The standard InChI is InChI=1S/C10H20N2O3/c1-3-8(6-10(14)15)7-12-9(13)4-5-11-2/h8,11H,3-7H2,1-2H3,(H,12,13)(H,14,15). The smallest absolute Gasteiger partial charge is 0.303 e. The zero-order chi connectivity index (χ0) is 11.7. The van der Waals surface area contributed by atoms with Crippen LogP contribution in [-0.4, -0.2) is 37.1 Å².